The second-order valence-corrected chi connectivity index (χ2v) is 8.73. The number of amides is 2. The molecule has 1 N–H and O–H groups in total. The van der Waals surface area contributed by atoms with Gasteiger partial charge in [-0.2, -0.15) is 4.99 Å². The Bertz CT molecular complexity index is 1330. The van der Waals surface area contributed by atoms with Crippen molar-refractivity contribution in [1.82, 2.24) is 5.32 Å². The summed E-state index contributed by atoms with van der Waals surface area (Å²) in [7, 11) is 0. The van der Waals surface area contributed by atoms with Gasteiger partial charge in [0, 0.05) is 11.1 Å². The van der Waals surface area contributed by atoms with Crippen molar-refractivity contribution < 1.29 is 23.5 Å². The van der Waals surface area contributed by atoms with Crippen LogP contribution in [0.2, 0.25) is 5.02 Å². The lowest BCUT2D eigenvalue weighted by atomic mass is 10.1. The molecule has 0 saturated carbocycles. The van der Waals surface area contributed by atoms with Gasteiger partial charge in [0.1, 0.15) is 12.4 Å². The van der Waals surface area contributed by atoms with Crippen LogP contribution in [0.25, 0.3) is 6.08 Å². The van der Waals surface area contributed by atoms with Gasteiger partial charge in [0.25, 0.3) is 11.8 Å². The van der Waals surface area contributed by atoms with E-state index in [0.717, 1.165) is 11.8 Å². The minimum absolute atomic E-state index is 0.0274. The molecular weight excluding hydrogens is 491 g/mol. The number of carbonyl (C=O) groups excluding carboxylic acids is 2. The van der Waals surface area contributed by atoms with Crippen LogP contribution in [0.15, 0.2) is 76.6 Å². The van der Waals surface area contributed by atoms with E-state index in [4.69, 9.17) is 21.1 Å². The van der Waals surface area contributed by atoms with Gasteiger partial charge in [0.2, 0.25) is 0 Å². The molecule has 3 aromatic rings. The Morgan fingerprint density at radius 3 is 2.60 bits per heavy atom. The van der Waals surface area contributed by atoms with E-state index in [1.807, 2.05) is 6.92 Å². The van der Waals surface area contributed by atoms with Crippen molar-refractivity contribution in [2.24, 2.45) is 4.99 Å². The maximum atomic E-state index is 14.0. The highest BCUT2D eigenvalue weighted by Gasteiger charge is 2.25. The Morgan fingerprint density at radius 1 is 1.11 bits per heavy atom. The van der Waals surface area contributed by atoms with Crippen molar-refractivity contribution in [3.05, 3.63) is 99.2 Å². The fourth-order valence-corrected chi connectivity index (χ4v) is 4.30. The number of amidine groups is 1. The molecule has 4 rings (SSSR count). The van der Waals surface area contributed by atoms with E-state index >= 15 is 0 Å². The molecule has 2 amide bonds. The van der Waals surface area contributed by atoms with Crippen LogP contribution in [0.1, 0.15) is 28.4 Å². The van der Waals surface area contributed by atoms with Crippen LogP contribution in [0.4, 0.5) is 4.39 Å². The van der Waals surface area contributed by atoms with Crippen LogP contribution in [0.3, 0.4) is 0 Å². The first-order chi connectivity index (χ1) is 16.9. The molecule has 6 nitrogen and oxygen atoms in total. The van der Waals surface area contributed by atoms with Crippen LogP contribution in [0.5, 0.6) is 11.5 Å². The van der Waals surface area contributed by atoms with Crippen molar-refractivity contribution >= 4 is 46.4 Å². The number of hydrogen-bond acceptors (Lipinski definition) is 5. The standard InChI is InChI=1S/C26H20ClFN2O4S/c1-2-33-21-13-16(12-19(27)23(21)34-15-18-10-6-7-11-20(18)28)14-22-25(32)30-26(35-22)29-24(31)17-8-4-3-5-9-17/h3-14H,2,15H2,1H3,(H,29,30,31,32)/b22-14-. The zero-order valence-corrected chi connectivity index (χ0v) is 20.2. The van der Waals surface area contributed by atoms with E-state index in [2.05, 4.69) is 10.3 Å². The highest BCUT2D eigenvalue weighted by atomic mass is 35.5. The largest absolute Gasteiger partial charge is 0.490 e. The molecule has 0 aromatic heterocycles. The lowest BCUT2D eigenvalue weighted by Crippen LogP contribution is -2.20. The van der Waals surface area contributed by atoms with Gasteiger partial charge < -0.3 is 14.8 Å². The zero-order chi connectivity index (χ0) is 24.8. The Morgan fingerprint density at radius 2 is 1.86 bits per heavy atom. The summed E-state index contributed by atoms with van der Waals surface area (Å²) in [4.78, 5) is 29.1. The van der Waals surface area contributed by atoms with E-state index < -0.39 is 5.91 Å². The van der Waals surface area contributed by atoms with Crippen molar-refractivity contribution in [2.75, 3.05) is 6.61 Å². The summed E-state index contributed by atoms with van der Waals surface area (Å²) in [6.45, 7) is 2.13. The molecule has 9 heteroatoms. The number of ether oxygens (including phenoxy) is 2. The number of nitrogens with one attached hydrogen (secondary N) is 1. The predicted molar refractivity (Wildman–Crippen MR) is 135 cm³/mol. The van der Waals surface area contributed by atoms with Gasteiger partial charge in [-0.3, -0.25) is 9.59 Å². The van der Waals surface area contributed by atoms with Gasteiger partial charge in [-0.15, -0.1) is 0 Å². The monoisotopic (exact) mass is 510 g/mol. The SMILES string of the molecule is CCOc1cc(/C=C2\SC(=NC(=O)c3ccccc3)NC2=O)cc(Cl)c1OCc1ccccc1F. The number of aliphatic imine (C=N–C) groups is 1. The molecule has 0 aliphatic carbocycles. The molecule has 1 aliphatic heterocycles. The zero-order valence-electron chi connectivity index (χ0n) is 18.6. The first kappa shape index (κ1) is 24.5. The Kier molecular flexibility index (Phi) is 7.84. The van der Waals surface area contributed by atoms with Crippen LogP contribution >= 0.6 is 23.4 Å². The van der Waals surface area contributed by atoms with Gasteiger partial charge in [0.05, 0.1) is 16.5 Å². The molecule has 3 aromatic carbocycles. The molecule has 178 valence electrons. The molecule has 0 spiro atoms. The topological polar surface area (TPSA) is 77.0 Å². The lowest BCUT2D eigenvalue weighted by Gasteiger charge is -2.15. The molecule has 0 unspecified atom stereocenters. The van der Waals surface area contributed by atoms with Crippen LogP contribution in [-0.4, -0.2) is 23.6 Å². The minimum Gasteiger partial charge on any atom is -0.490 e. The number of benzene rings is 3. The molecule has 35 heavy (non-hydrogen) atoms. The lowest BCUT2D eigenvalue weighted by molar-refractivity contribution is -0.115. The first-order valence-electron chi connectivity index (χ1n) is 10.7. The minimum atomic E-state index is -0.451. The Balaban J connectivity index is 1.55. The average Bonchev–Trinajstić information content (AvgIpc) is 3.18. The van der Waals surface area contributed by atoms with Gasteiger partial charge >= 0.3 is 0 Å². The summed E-state index contributed by atoms with van der Waals surface area (Å²) in [5, 5.41) is 3.03. The molecule has 0 bridgehead atoms. The highest BCUT2D eigenvalue weighted by molar-refractivity contribution is 8.18. The maximum absolute atomic E-state index is 14.0. The van der Waals surface area contributed by atoms with Gasteiger partial charge in [-0.25, -0.2) is 4.39 Å². The number of nitrogens with zero attached hydrogens (tertiary/aromatic N) is 1. The number of halogens is 2. The van der Waals surface area contributed by atoms with Crippen molar-refractivity contribution in [3.8, 4) is 11.5 Å². The quantitative estimate of drug-likeness (QED) is 0.403. The normalized spacial score (nSPS) is 15.3. The molecule has 1 fully saturated rings. The Hall–Kier alpha value is -3.62. The fraction of sp³-hybridized carbons (Fsp3) is 0.115. The van der Waals surface area contributed by atoms with Crippen molar-refractivity contribution in [1.29, 1.82) is 0 Å². The second-order valence-electron chi connectivity index (χ2n) is 7.30. The summed E-state index contributed by atoms with van der Waals surface area (Å²) in [6, 6.07) is 18.2. The van der Waals surface area contributed by atoms with Gasteiger partial charge in [0.15, 0.2) is 16.7 Å². The number of hydrogen-bond donors (Lipinski definition) is 1. The van der Waals surface area contributed by atoms with E-state index in [-0.39, 0.29) is 34.3 Å². The van der Waals surface area contributed by atoms with Crippen molar-refractivity contribution in [3.63, 3.8) is 0 Å². The van der Waals surface area contributed by atoms with Crippen LogP contribution < -0.4 is 14.8 Å². The highest BCUT2D eigenvalue weighted by Crippen LogP contribution is 2.39. The predicted octanol–water partition coefficient (Wildman–Crippen LogP) is 5.86. The van der Waals surface area contributed by atoms with E-state index in [9.17, 15) is 14.0 Å². The maximum Gasteiger partial charge on any atom is 0.279 e. The summed E-state index contributed by atoms with van der Waals surface area (Å²) in [5.74, 6) is -0.579. The molecule has 0 radical (unpaired) electrons. The summed E-state index contributed by atoms with van der Waals surface area (Å²) in [5.41, 5.74) is 1.39. The number of carbonyl (C=O) groups is 2. The average molecular weight is 511 g/mol. The third-order valence-corrected chi connectivity index (χ3v) is 6.02. The molecule has 0 atom stereocenters. The summed E-state index contributed by atoms with van der Waals surface area (Å²) < 4.78 is 25.4. The van der Waals surface area contributed by atoms with Gasteiger partial charge in [-0.05, 0) is 60.7 Å². The molecule has 1 saturated heterocycles. The summed E-state index contributed by atoms with van der Waals surface area (Å²) in [6.07, 6.45) is 1.62. The first-order valence-corrected chi connectivity index (χ1v) is 11.9. The molecular formula is C26H20ClFN2O4S. The molecule has 1 aliphatic rings. The number of rotatable bonds is 7. The molecule has 1 heterocycles. The van der Waals surface area contributed by atoms with Crippen LogP contribution in [0, 0.1) is 5.82 Å². The Labute approximate surface area is 210 Å². The van der Waals surface area contributed by atoms with Crippen molar-refractivity contribution in [2.45, 2.75) is 13.5 Å². The third kappa shape index (κ3) is 6.09. The number of thioether (sulfide) groups is 1. The van der Waals surface area contributed by atoms with Crippen LogP contribution in [-0.2, 0) is 11.4 Å². The second kappa shape index (κ2) is 11.2. The smallest absolute Gasteiger partial charge is 0.279 e. The summed E-state index contributed by atoms with van der Waals surface area (Å²) >= 11 is 7.51. The fourth-order valence-electron chi connectivity index (χ4n) is 3.21. The van der Waals surface area contributed by atoms with Gasteiger partial charge in [-0.1, -0.05) is 48.0 Å². The van der Waals surface area contributed by atoms with E-state index in [0.29, 0.717) is 34.0 Å². The van der Waals surface area contributed by atoms with E-state index in [1.54, 1.807) is 66.7 Å². The van der Waals surface area contributed by atoms with E-state index in [1.165, 1.54) is 6.07 Å². The third-order valence-electron chi connectivity index (χ3n) is 4.83.